The first-order chi connectivity index (χ1) is 8.46. The van der Waals surface area contributed by atoms with Crippen LogP contribution in [0.2, 0.25) is 0 Å². The van der Waals surface area contributed by atoms with Crippen molar-refractivity contribution in [1.29, 1.82) is 0 Å². The molecular weight excluding hydrogens is 279 g/mol. The summed E-state index contributed by atoms with van der Waals surface area (Å²) in [7, 11) is 0. The third kappa shape index (κ3) is 4.58. The van der Waals surface area contributed by atoms with Crippen molar-refractivity contribution in [3.8, 4) is 5.75 Å². The zero-order valence-corrected chi connectivity index (χ0v) is 11.1. The first-order valence-electron chi connectivity index (χ1n) is 6.07. The highest BCUT2D eigenvalue weighted by Crippen LogP contribution is 2.35. The maximum Gasteiger partial charge on any atom is 0.573 e. The van der Waals surface area contributed by atoms with Crippen molar-refractivity contribution in [2.45, 2.75) is 38.1 Å². The largest absolute Gasteiger partial charge is 0.573 e. The van der Waals surface area contributed by atoms with E-state index < -0.39 is 6.36 Å². The summed E-state index contributed by atoms with van der Waals surface area (Å²) in [5, 5.41) is 0. The van der Waals surface area contributed by atoms with Gasteiger partial charge in [-0.2, -0.15) is 0 Å². The predicted octanol–water partition coefficient (Wildman–Crippen LogP) is 4.20. The molecule has 6 heteroatoms. The molecule has 19 heavy (non-hydrogen) atoms. The van der Waals surface area contributed by atoms with Gasteiger partial charge >= 0.3 is 6.36 Å². The van der Waals surface area contributed by atoms with Crippen LogP contribution in [0.25, 0.3) is 0 Å². The summed E-state index contributed by atoms with van der Waals surface area (Å²) < 4.78 is 40.3. The first kappa shape index (κ1) is 16.1. The normalized spacial score (nSPS) is 17.9. The molecule has 0 aromatic heterocycles. The number of alkyl halides is 3. The van der Waals surface area contributed by atoms with Gasteiger partial charge in [0.25, 0.3) is 0 Å². The van der Waals surface area contributed by atoms with Crippen molar-refractivity contribution in [2.75, 3.05) is 0 Å². The van der Waals surface area contributed by atoms with Crippen LogP contribution in [-0.2, 0) is 0 Å². The van der Waals surface area contributed by atoms with Gasteiger partial charge in [-0.15, -0.1) is 25.6 Å². The van der Waals surface area contributed by atoms with Gasteiger partial charge in [-0.25, -0.2) is 0 Å². The fourth-order valence-corrected chi connectivity index (χ4v) is 2.51. The van der Waals surface area contributed by atoms with Crippen LogP contribution >= 0.6 is 12.4 Å². The molecule has 1 aliphatic carbocycles. The monoisotopic (exact) mass is 295 g/mol. The van der Waals surface area contributed by atoms with Crippen LogP contribution in [0.4, 0.5) is 13.2 Å². The number of ether oxygens (including phenoxy) is 1. The topological polar surface area (TPSA) is 35.2 Å². The Morgan fingerprint density at radius 1 is 1.21 bits per heavy atom. The third-order valence-electron chi connectivity index (χ3n) is 3.38. The van der Waals surface area contributed by atoms with E-state index in [-0.39, 0.29) is 24.2 Å². The Morgan fingerprint density at radius 3 is 2.42 bits per heavy atom. The van der Waals surface area contributed by atoms with Crippen molar-refractivity contribution >= 4 is 12.4 Å². The SMILES string of the molecule is Cl.N[C@H](c1cccc(OC(F)(F)F)c1)C1CCCC1. The summed E-state index contributed by atoms with van der Waals surface area (Å²) in [4.78, 5) is 0. The van der Waals surface area contributed by atoms with Crippen LogP contribution < -0.4 is 10.5 Å². The van der Waals surface area contributed by atoms with Crippen molar-refractivity contribution in [2.24, 2.45) is 11.7 Å². The van der Waals surface area contributed by atoms with Gasteiger partial charge in [0.05, 0.1) is 0 Å². The average Bonchev–Trinajstić information content (AvgIpc) is 2.79. The predicted molar refractivity (Wildman–Crippen MR) is 69.3 cm³/mol. The number of benzene rings is 1. The van der Waals surface area contributed by atoms with Crippen LogP contribution in [0.3, 0.4) is 0 Å². The number of hydrogen-bond donors (Lipinski definition) is 1. The molecule has 0 amide bonds. The minimum atomic E-state index is -4.66. The Kier molecular flexibility index (Phi) is 5.50. The molecule has 108 valence electrons. The molecule has 0 aliphatic heterocycles. The molecule has 0 heterocycles. The highest BCUT2D eigenvalue weighted by atomic mass is 35.5. The Hall–Kier alpha value is -0.940. The molecule has 2 nitrogen and oxygen atoms in total. The fraction of sp³-hybridized carbons (Fsp3) is 0.538. The van der Waals surface area contributed by atoms with E-state index in [1.165, 1.54) is 12.1 Å². The Labute approximate surface area is 116 Å². The second kappa shape index (κ2) is 6.48. The van der Waals surface area contributed by atoms with Crippen LogP contribution in [0.5, 0.6) is 5.75 Å². The summed E-state index contributed by atoms with van der Waals surface area (Å²) in [5.74, 6) is 0.166. The molecular formula is C13H17ClF3NO. The number of rotatable bonds is 3. The molecule has 1 aliphatic rings. The standard InChI is InChI=1S/C13H16F3NO.ClH/c14-13(15,16)18-11-7-3-6-10(8-11)12(17)9-4-1-2-5-9;/h3,6-9,12H,1-2,4-5,17H2;1H/t12-;/m0./s1. The van der Waals surface area contributed by atoms with Gasteiger partial charge in [0, 0.05) is 6.04 Å². The van der Waals surface area contributed by atoms with Gasteiger partial charge in [0.15, 0.2) is 0 Å². The van der Waals surface area contributed by atoms with E-state index >= 15 is 0 Å². The van der Waals surface area contributed by atoms with E-state index in [0.29, 0.717) is 11.5 Å². The molecule has 1 aromatic rings. The van der Waals surface area contributed by atoms with Crippen molar-refractivity contribution in [3.05, 3.63) is 29.8 Å². The summed E-state index contributed by atoms with van der Waals surface area (Å²) in [6, 6.07) is 5.77. The lowest BCUT2D eigenvalue weighted by molar-refractivity contribution is -0.274. The minimum absolute atomic E-state index is 0. The molecule has 0 bridgehead atoms. The molecule has 0 radical (unpaired) electrons. The lowest BCUT2D eigenvalue weighted by atomic mass is 9.92. The van der Waals surface area contributed by atoms with Gasteiger partial charge in [-0.05, 0) is 36.5 Å². The number of hydrogen-bond acceptors (Lipinski definition) is 2. The molecule has 1 saturated carbocycles. The second-order valence-electron chi connectivity index (χ2n) is 4.69. The van der Waals surface area contributed by atoms with Crippen LogP contribution in [0.1, 0.15) is 37.3 Å². The number of nitrogens with two attached hydrogens (primary N) is 1. The molecule has 2 rings (SSSR count). The summed E-state index contributed by atoms with van der Waals surface area (Å²) >= 11 is 0. The molecule has 0 spiro atoms. The van der Waals surface area contributed by atoms with E-state index in [1.54, 1.807) is 12.1 Å². The zero-order chi connectivity index (χ0) is 13.2. The highest BCUT2D eigenvalue weighted by molar-refractivity contribution is 5.85. The zero-order valence-electron chi connectivity index (χ0n) is 10.3. The fourth-order valence-electron chi connectivity index (χ4n) is 2.51. The molecule has 1 aromatic carbocycles. The molecule has 1 fully saturated rings. The third-order valence-corrected chi connectivity index (χ3v) is 3.38. The summed E-state index contributed by atoms with van der Waals surface area (Å²) in [6.07, 6.45) is -0.263. The maximum atomic E-state index is 12.1. The molecule has 0 saturated heterocycles. The first-order valence-corrected chi connectivity index (χ1v) is 6.07. The second-order valence-corrected chi connectivity index (χ2v) is 4.69. The Balaban J connectivity index is 0.00000180. The molecule has 0 unspecified atom stereocenters. The van der Waals surface area contributed by atoms with Crippen molar-refractivity contribution in [1.82, 2.24) is 0 Å². The van der Waals surface area contributed by atoms with E-state index in [9.17, 15) is 13.2 Å². The van der Waals surface area contributed by atoms with Gasteiger partial charge in [0.2, 0.25) is 0 Å². The van der Waals surface area contributed by atoms with E-state index in [4.69, 9.17) is 5.73 Å². The lowest BCUT2D eigenvalue weighted by Gasteiger charge is -2.20. The minimum Gasteiger partial charge on any atom is -0.406 e. The maximum absolute atomic E-state index is 12.1. The van der Waals surface area contributed by atoms with Crippen molar-refractivity contribution < 1.29 is 17.9 Å². The summed E-state index contributed by atoms with van der Waals surface area (Å²) in [5.41, 5.74) is 6.81. The van der Waals surface area contributed by atoms with Gasteiger partial charge in [-0.3, -0.25) is 0 Å². The Morgan fingerprint density at radius 2 is 1.84 bits per heavy atom. The lowest BCUT2D eigenvalue weighted by Crippen LogP contribution is -2.20. The van der Waals surface area contributed by atoms with E-state index in [2.05, 4.69) is 4.74 Å². The van der Waals surface area contributed by atoms with Gasteiger partial charge in [0.1, 0.15) is 5.75 Å². The van der Waals surface area contributed by atoms with Crippen molar-refractivity contribution in [3.63, 3.8) is 0 Å². The number of halogens is 4. The van der Waals surface area contributed by atoms with Gasteiger partial charge in [-0.1, -0.05) is 25.0 Å². The molecule has 1 atom stereocenters. The highest BCUT2D eigenvalue weighted by Gasteiger charge is 2.31. The molecule has 2 N–H and O–H groups in total. The van der Waals surface area contributed by atoms with Crippen LogP contribution in [0, 0.1) is 5.92 Å². The summed E-state index contributed by atoms with van der Waals surface area (Å²) in [6.45, 7) is 0. The van der Waals surface area contributed by atoms with Crippen LogP contribution in [0.15, 0.2) is 24.3 Å². The van der Waals surface area contributed by atoms with Gasteiger partial charge < -0.3 is 10.5 Å². The quantitative estimate of drug-likeness (QED) is 0.907. The van der Waals surface area contributed by atoms with E-state index in [1.807, 2.05) is 0 Å². The van der Waals surface area contributed by atoms with Crippen LogP contribution in [-0.4, -0.2) is 6.36 Å². The average molecular weight is 296 g/mol. The Bertz CT molecular complexity index is 405. The van der Waals surface area contributed by atoms with E-state index in [0.717, 1.165) is 25.7 Å². The smallest absolute Gasteiger partial charge is 0.406 e.